The minimum absolute atomic E-state index is 0.322. The molecule has 0 aromatic heterocycles. The lowest BCUT2D eigenvalue weighted by Gasteiger charge is -2.16. The van der Waals surface area contributed by atoms with Crippen molar-refractivity contribution in [2.75, 3.05) is 32.9 Å². The molecule has 0 aliphatic carbocycles. The summed E-state index contributed by atoms with van der Waals surface area (Å²) < 4.78 is 11.1. The van der Waals surface area contributed by atoms with Crippen LogP contribution in [0.15, 0.2) is 4.99 Å². The first-order chi connectivity index (χ1) is 9.76. The molecule has 1 aliphatic heterocycles. The maximum Gasteiger partial charge on any atom is 0.191 e. The van der Waals surface area contributed by atoms with Gasteiger partial charge in [-0.05, 0) is 39.5 Å². The largest absolute Gasteiger partial charge is 0.379 e. The van der Waals surface area contributed by atoms with Crippen LogP contribution in [0.25, 0.3) is 0 Å². The Morgan fingerprint density at radius 1 is 1.45 bits per heavy atom. The fraction of sp³-hybridized carbons (Fsp3) is 0.933. The van der Waals surface area contributed by atoms with E-state index in [-0.39, 0.29) is 0 Å². The summed E-state index contributed by atoms with van der Waals surface area (Å²) in [7, 11) is 0. The van der Waals surface area contributed by atoms with Gasteiger partial charge in [0, 0.05) is 32.3 Å². The van der Waals surface area contributed by atoms with Crippen molar-refractivity contribution in [2.24, 2.45) is 4.99 Å². The first-order valence-corrected chi connectivity index (χ1v) is 8.00. The number of ether oxygens (including phenoxy) is 2. The van der Waals surface area contributed by atoms with Crippen LogP contribution >= 0.6 is 0 Å². The van der Waals surface area contributed by atoms with Crippen LogP contribution in [0.4, 0.5) is 0 Å². The van der Waals surface area contributed by atoms with Crippen LogP contribution in [0.5, 0.6) is 0 Å². The minimum atomic E-state index is 0.322. The standard InChI is InChI=1S/C15H31N3O2/c1-4-13(3)18-15(16-5-2)17-9-7-10-19-12-14-8-6-11-20-14/h13-14H,4-12H2,1-3H3,(H2,16,17,18). The van der Waals surface area contributed by atoms with Gasteiger partial charge in [-0.1, -0.05) is 6.92 Å². The third-order valence-electron chi connectivity index (χ3n) is 3.38. The molecule has 2 atom stereocenters. The fourth-order valence-corrected chi connectivity index (χ4v) is 2.00. The molecule has 0 amide bonds. The SMILES string of the molecule is CCNC(=NCCCOCC1CCCO1)NC(C)CC. The molecule has 1 heterocycles. The number of nitrogens with one attached hydrogen (secondary N) is 2. The fourth-order valence-electron chi connectivity index (χ4n) is 2.00. The second-order valence-electron chi connectivity index (χ2n) is 5.28. The molecule has 1 saturated heterocycles. The Morgan fingerprint density at radius 3 is 2.95 bits per heavy atom. The Bertz CT molecular complexity index is 266. The third kappa shape index (κ3) is 7.70. The number of nitrogens with zero attached hydrogens (tertiary/aromatic N) is 1. The summed E-state index contributed by atoms with van der Waals surface area (Å²) in [5, 5.41) is 6.64. The quantitative estimate of drug-likeness (QED) is 0.386. The van der Waals surface area contributed by atoms with Crippen molar-refractivity contribution >= 4 is 5.96 Å². The van der Waals surface area contributed by atoms with Crippen molar-refractivity contribution in [3.8, 4) is 0 Å². The number of aliphatic imine (C=N–C) groups is 1. The zero-order valence-electron chi connectivity index (χ0n) is 13.3. The predicted octanol–water partition coefficient (Wildman–Crippen LogP) is 1.93. The van der Waals surface area contributed by atoms with Crippen molar-refractivity contribution < 1.29 is 9.47 Å². The van der Waals surface area contributed by atoms with Gasteiger partial charge in [0.05, 0.1) is 12.7 Å². The summed E-state index contributed by atoms with van der Waals surface area (Å²) in [4.78, 5) is 4.55. The highest BCUT2D eigenvalue weighted by atomic mass is 16.5. The molecule has 5 nitrogen and oxygen atoms in total. The summed E-state index contributed by atoms with van der Waals surface area (Å²) in [6.45, 7) is 10.5. The van der Waals surface area contributed by atoms with E-state index in [2.05, 4.69) is 36.4 Å². The number of hydrogen-bond donors (Lipinski definition) is 2. The van der Waals surface area contributed by atoms with E-state index in [0.29, 0.717) is 12.1 Å². The van der Waals surface area contributed by atoms with Gasteiger partial charge in [0.25, 0.3) is 0 Å². The van der Waals surface area contributed by atoms with E-state index >= 15 is 0 Å². The molecule has 0 aromatic carbocycles. The highest BCUT2D eigenvalue weighted by molar-refractivity contribution is 5.79. The molecular weight excluding hydrogens is 254 g/mol. The molecule has 0 saturated carbocycles. The first-order valence-electron chi connectivity index (χ1n) is 8.00. The Morgan fingerprint density at radius 2 is 2.30 bits per heavy atom. The van der Waals surface area contributed by atoms with Gasteiger partial charge in [0.2, 0.25) is 0 Å². The topological polar surface area (TPSA) is 54.9 Å². The molecule has 0 bridgehead atoms. The molecule has 0 radical (unpaired) electrons. The molecule has 1 fully saturated rings. The van der Waals surface area contributed by atoms with E-state index < -0.39 is 0 Å². The van der Waals surface area contributed by atoms with Gasteiger partial charge in [-0.2, -0.15) is 0 Å². The Labute approximate surface area is 123 Å². The van der Waals surface area contributed by atoms with Gasteiger partial charge in [-0.3, -0.25) is 4.99 Å². The molecule has 0 aromatic rings. The second kappa shape index (κ2) is 10.9. The van der Waals surface area contributed by atoms with Gasteiger partial charge in [0.1, 0.15) is 0 Å². The van der Waals surface area contributed by atoms with E-state index in [9.17, 15) is 0 Å². The van der Waals surface area contributed by atoms with Crippen molar-refractivity contribution in [3.63, 3.8) is 0 Å². The van der Waals surface area contributed by atoms with Gasteiger partial charge in [0.15, 0.2) is 5.96 Å². The third-order valence-corrected chi connectivity index (χ3v) is 3.38. The maximum atomic E-state index is 5.63. The van der Waals surface area contributed by atoms with E-state index in [1.807, 2.05) is 0 Å². The molecule has 2 N–H and O–H groups in total. The van der Waals surface area contributed by atoms with Crippen LogP contribution in [-0.2, 0) is 9.47 Å². The monoisotopic (exact) mass is 285 g/mol. The smallest absolute Gasteiger partial charge is 0.191 e. The normalized spacial score (nSPS) is 20.9. The molecule has 1 rings (SSSR count). The lowest BCUT2D eigenvalue weighted by Crippen LogP contribution is -2.42. The van der Waals surface area contributed by atoms with Crippen LogP contribution < -0.4 is 10.6 Å². The first kappa shape index (κ1) is 17.2. The van der Waals surface area contributed by atoms with Crippen molar-refractivity contribution in [1.29, 1.82) is 0 Å². The van der Waals surface area contributed by atoms with Gasteiger partial charge in [-0.25, -0.2) is 0 Å². The van der Waals surface area contributed by atoms with Crippen LogP contribution in [0, 0.1) is 0 Å². The molecular formula is C15H31N3O2. The summed E-state index contributed by atoms with van der Waals surface area (Å²) in [5.74, 6) is 0.904. The summed E-state index contributed by atoms with van der Waals surface area (Å²) in [6, 6.07) is 0.448. The summed E-state index contributed by atoms with van der Waals surface area (Å²) in [5.41, 5.74) is 0. The summed E-state index contributed by atoms with van der Waals surface area (Å²) >= 11 is 0. The average molecular weight is 285 g/mol. The van der Waals surface area contributed by atoms with Gasteiger partial charge >= 0.3 is 0 Å². The predicted molar refractivity (Wildman–Crippen MR) is 83.3 cm³/mol. The van der Waals surface area contributed by atoms with Crippen molar-refractivity contribution in [1.82, 2.24) is 10.6 Å². The number of rotatable bonds is 9. The van der Waals surface area contributed by atoms with E-state index in [1.165, 1.54) is 6.42 Å². The highest BCUT2D eigenvalue weighted by Crippen LogP contribution is 2.11. The van der Waals surface area contributed by atoms with Crippen LogP contribution in [-0.4, -0.2) is 51.0 Å². The zero-order valence-corrected chi connectivity index (χ0v) is 13.3. The second-order valence-corrected chi connectivity index (χ2v) is 5.28. The van der Waals surface area contributed by atoms with Crippen molar-refractivity contribution in [2.45, 2.75) is 58.6 Å². The summed E-state index contributed by atoms with van der Waals surface area (Å²) in [6.07, 6.45) is 4.68. The molecule has 0 spiro atoms. The molecule has 1 aliphatic rings. The number of hydrogen-bond acceptors (Lipinski definition) is 3. The van der Waals surface area contributed by atoms with Crippen LogP contribution in [0.3, 0.4) is 0 Å². The minimum Gasteiger partial charge on any atom is -0.379 e. The van der Waals surface area contributed by atoms with Gasteiger partial charge in [-0.15, -0.1) is 0 Å². The van der Waals surface area contributed by atoms with Crippen LogP contribution in [0.2, 0.25) is 0 Å². The van der Waals surface area contributed by atoms with E-state index in [0.717, 1.165) is 58.1 Å². The molecule has 118 valence electrons. The molecule has 5 heteroatoms. The van der Waals surface area contributed by atoms with Crippen LogP contribution in [0.1, 0.15) is 46.5 Å². The molecule has 20 heavy (non-hydrogen) atoms. The Kier molecular flexibility index (Phi) is 9.41. The van der Waals surface area contributed by atoms with Crippen molar-refractivity contribution in [3.05, 3.63) is 0 Å². The lowest BCUT2D eigenvalue weighted by atomic mass is 10.2. The maximum absolute atomic E-state index is 5.63. The highest BCUT2D eigenvalue weighted by Gasteiger charge is 2.14. The van der Waals surface area contributed by atoms with Gasteiger partial charge < -0.3 is 20.1 Å². The Hall–Kier alpha value is -0.810. The lowest BCUT2D eigenvalue weighted by molar-refractivity contribution is 0.0171. The zero-order chi connectivity index (χ0) is 14.6. The Balaban J connectivity index is 2.09. The number of guanidine groups is 1. The molecule has 2 unspecified atom stereocenters. The van der Waals surface area contributed by atoms with E-state index in [4.69, 9.17) is 9.47 Å². The average Bonchev–Trinajstić information content (AvgIpc) is 2.95. The van der Waals surface area contributed by atoms with E-state index in [1.54, 1.807) is 0 Å².